The first-order chi connectivity index (χ1) is 10.1. The molecule has 0 aliphatic rings. The molecular weight excluding hydrogens is 297 g/mol. The summed E-state index contributed by atoms with van der Waals surface area (Å²) in [4.78, 5) is 11.9. The Morgan fingerprint density at radius 2 is 2.00 bits per heavy atom. The smallest absolute Gasteiger partial charge is 0.378 e. The van der Waals surface area contributed by atoms with Crippen LogP contribution in [0.3, 0.4) is 0 Å². The Morgan fingerprint density at radius 3 is 2.50 bits per heavy atom. The van der Waals surface area contributed by atoms with Gasteiger partial charge in [-0.05, 0) is 32.0 Å². The van der Waals surface area contributed by atoms with Crippen molar-refractivity contribution in [2.24, 2.45) is 5.92 Å². The van der Waals surface area contributed by atoms with E-state index in [0.717, 1.165) is 12.1 Å². The highest BCUT2D eigenvalue weighted by atomic mass is 19.4. The molecule has 0 aromatic heterocycles. The zero-order valence-electron chi connectivity index (χ0n) is 12.5. The lowest BCUT2D eigenvalue weighted by Crippen LogP contribution is -2.25. The standard InChI is InChI=1S/C15H17F3N2O2/c1-9(2)22-8-10(3)14(21)20-12-5-4-11(7-19)13(6-12)15(16,17)18/h4-6,9-10H,8H2,1-3H3,(H,20,21). The van der Waals surface area contributed by atoms with Gasteiger partial charge in [0.25, 0.3) is 0 Å². The fourth-order valence-electron chi connectivity index (χ4n) is 1.63. The summed E-state index contributed by atoms with van der Waals surface area (Å²) in [5, 5.41) is 11.1. The molecule has 120 valence electrons. The molecule has 1 unspecified atom stereocenters. The van der Waals surface area contributed by atoms with Crippen molar-refractivity contribution in [3.05, 3.63) is 29.3 Å². The van der Waals surface area contributed by atoms with Crippen molar-refractivity contribution >= 4 is 11.6 Å². The van der Waals surface area contributed by atoms with Crippen molar-refractivity contribution < 1.29 is 22.7 Å². The number of carbonyl (C=O) groups is 1. The molecule has 1 N–H and O–H groups in total. The zero-order valence-corrected chi connectivity index (χ0v) is 12.5. The topological polar surface area (TPSA) is 62.1 Å². The van der Waals surface area contributed by atoms with E-state index in [1.54, 1.807) is 6.92 Å². The van der Waals surface area contributed by atoms with E-state index in [-0.39, 0.29) is 18.4 Å². The number of ether oxygens (including phenoxy) is 1. The van der Waals surface area contributed by atoms with Gasteiger partial charge in [0.15, 0.2) is 0 Å². The Balaban J connectivity index is 2.86. The summed E-state index contributed by atoms with van der Waals surface area (Å²) in [5.41, 5.74) is -1.56. The van der Waals surface area contributed by atoms with Crippen LogP contribution >= 0.6 is 0 Å². The minimum absolute atomic E-state index is 0.00674. The number of anilines is 1. The molecule has 1 amide bonds. The molecule has 0 saturated carbocycles. The molecule has 0 spiro atoms. The minimum atomic E-state index is -4.65. The van der Waals surface area contributed by atoms with Crippen LogP contribution in [0.15, 0.2) is 18.2 Å². The quantitative estimate of drug-likeness (QED) is 0.903. The first-order valence-electron chi connectivity index (χ1n) is 6.69. The van der Waals surface area contributed by atoms with Crippen molar-refractivity contribution in [2.45, 2.75) is 33.1 Å². The third kappa shape index (κ3) is 5.04. The predicted octanol–water partition coefficient (Wildman–Crippen LogP) is 3.58. The van der Waals surface area contributed by atoms with Gasteiger partial charge < -0.3 is 10.1 Å². The van der Waals surface area contributed by atoms with Gasteiger partial charge in [-0.1, -0.05) is 6.92 Å². The van der Waals surface area contributed by atoms with Crippen LogP contribution in [0.2, 0.25) is 0 Å². The summed E-state index contributed by atoms with van der Waals surface area (Å²) >= 11 is 0. The van der Waals surface area contributed by atoms with Gasteiger partial charge in [0.05, 0.1) is 35.8 Å². The van der Waals surface area contributed by atoms with E-state index < -0.39 is 29.1 Å². The Hall–Kier alpha value is -2.07. The lowest BCUT2D eigenvalue weighted by Gasteiger charge is -2.15. The van der Waals surface area contributed by atoms with Gasteiger partial charge in [-0.3, -0.25) is 4.79 Å². The highest BCUT2D eigenvalue weighted by Crippen LogP contribution is 2.33. The highest BCUT2D eigenvalue weighted by Gasteiger charge is 2.34. The van der Waals surface area contributed by atoms with Crippen LogP contribution in [0.4, 0.5) is 18.9 Å². The number of carbonyl (C=O) groups excluding carboxylic acids is 1. The molecule has 7 heteroatoms. The monoisotopic (exact) mass is 314 g/mol. The summed E-state index contributed by atoms with van der Waals surface area (Å²) < 4.78 is 43.8. The van der Waals surface area contributed by atoms with Gasteiger partial charge in [0, 0.05) is 5.69 Å². The molecule has 1 atom stereocenters. The molecular formula is C15H17F3N2O2. The fraction of sp³-hybridized carbons (Fsp3) is 0.467. The van der Waals surface area contributed by atoms with Crippen molar-refractivity contribution in [1.29, 1.82) is 5.26 Å². The third-order valence-electron chi connectivity index (χ3n) is 2.84. The van der Waals surface area contributed by atoms with Crippen LogP contribution in [0.5, 0.6) is 0 Å². The molecule has 1 aromatic rings. The van der Waals surface area contributed by atoms with Gasteiger partial charge >= 0.3 is 6.18 Å². The number of nitrogens with one attached hydrogen (secondary N) is 1. The van der Waals surface area contributed by atoms with E-state index in [2.05, 4.69) is 5.32 Å². The Morgan fingerprint density at radius 1 is 1.36 bits per heavy atom. The van der Waals surface area contributed by atoms with Crippen LogP contribution in [0.25, 0.3) is 0 Å². The first-order valence-corrected chi connectivity index (χ1v) is 6.69. The molecule has 1 aromatic carbocycles. The zero-order chi connectivity index (χ0) is 16.9. The normalized spacial score (nSPS) is 12.8. The number of hydrogen-bond acceptors (Lipinski definition) is 3. The largest absolute Gasteiger partial charge is 0.417 e. The van der Waals surface area contributed by atoms with Gasteiger partial charge in [-0.15, -0.1) is 0 Å². The minimum Gasteiger partial charge on any atom is -0.378 e. The maximum atomic E-state index is 12.8. The second-order valence-electron chi connectivity index (χ2n) is 5.14. The number of nitrogens with zero attached hydrogens (tertiary/aromatic N) is 1. The van der Waals surface area contributed by atoms with Crippen molar-refractivity contribution in [3.63, 3.8) is 0 Å². The molecule has 0 aliphatic heterocycles. The van der Waals surface area contributed by atoms with Crippen LogP contribution in [0.1, 0.15) is 31.9 Å². The Kier molecular flexibility index (Phi) is 5.94. The van der Waals surface area contributed by atoms with E-state index in [1.165, 1.54) is 12.1 Å². The van der Waals surface area contributed by atoms with Gasteiger partial charge in [-0.25, -0.2) is 0 Å². The van der Waals surface area contributed by atoms with Crippen molar-refractivity contribution in [2.75, 3.05) is 11.9 Å². The summed E-state index contributed by atoms with van der Waals surface area (Å²) in [7, 11) is 0. The van der Waals surface area contributed by atoms with Gasteiger partial charge in [0.2, 0.25) is 5.91 Å². The summed E-state index contributed by atoms with van der Waals surface area (Å²) in [6.45, 7) is 5.43. The van der Waals surface area contributed by atoms with E-state index in [9.17, 15) is 18.0 Å². The molecule has 22 heavy (non-hydrogen) atoms. The number of nitriles is 1. The Labute approximate surface area is 126 Å². The predicted molar refractivity (Wildman–Crippen MR) is 75.0 cm³/mol. The van der Waals surface area contributed by atoms with Crippen molar-refractivity contribution in [3.8, 4) is 6.07 Å². The van der Waals surface area contributed by atoms with Crippen LogP contribution < -0.4 is 5.32 Å². The maximum absolute atomic E-state index is 12.8. The van der Waals surface area contributed by atoms with E-state index >= 15 is 0 Å². The van der Waals surface area contributed by atoms with E-state index in [4.69, 9.17) is 10.00 Å². The lowest BCUT2D eigenvalue weighted by atomic mass is 10.1. The van der Waals surface area contributed by atoms with E-state index in [1.807, 2.05) is 13.8 Å². The molecule has 4 nitrogen and oxygen atoms in total. The number of rotatable bonds is 5. The SMILES string of the molecule is CC(C)OCC(C)C(=O)Nc1ccc(C#N)c(C(F)(F)F)c1. The molecule has 0 heterocycles. The lowest BCUT2D eigenvalue weighted by molar-refractivity contribution is -0.137. The third-order valence-corrected chi connectivity index (χ3v) is 2.84. The molecule has 0 radical (unpaired) electrons. The average Bonchev–Trinajstić information content (AvgIpc) is 2.43. The average molecular weight is 314 g/mol. The summed E-state index contributed by atoms with van der Waals surface area (Å²) in [6, 6.07) is 4.54. The number of amides is 1. The van der Waals surface area contributed by atoms with Crippen LogP contribution in [-0.2, 0) is 15.7 Å². The molecule has 0 saturated heterocycles. The molecule has 0 fully saturated rings. The molecule has 0 aliphatic carbocycles. The fourth-order valence-corrected chi connectivity index (χ4v) is 1.63. The Bertz CT molecular complexity index is 577. The van der Waals surface area contributed by atoms with Crippen LogP contribution in [0, 0.1) is 17.2 Å². The summed E-state index contributed by atoms with van der Waals surface area (Å²) in [6.07, 6.45) is -4.69. The molecule has 0 bridgehead atoms. The van der Waals surface area contributed by atoms with E-state index in [0.29, 0.717) is 0 Å². The number of alkyl halides is 3. The van der Waals surface area contributed by atoms with Crippen LogP contribution in [-0.4, -0.2) is 18.6 Å². The first kappa shape index (κ1) is 18.0. The second kappa shape index (κ2) is 7.27. The van der Waals surface area contributed by atoms with Gasteiger partial charge in [-0.2, -0.15) is 18.4 Å². The highest BCUT2D eigenvalue weighted by molar-refractivity contribution is 5.92. The number of halogens is 3. The van der Waals surface area contributed by atoms with Gasteiger partial charge in [0.1, 0.15) is 0 Å². The number of benzene rings is 1. The van der Waals surface area contributed by atoms with Crippen molar-refractivity contribution in [1.82, 2.24) is 0 Å². The summed E-state index contributed by atoms with van der Waals surface area (Å²) in [5.74, 6) is -0.953. The number of hydrogen-bond donors (Lipinski definition) is 1. The second-order valence-corrected chi connectivity index (χ2v) is 5.14. The molecule has 1 rings (SSSR count). The maximum Gasteiger partial charge on any atom is 0.417 e.